The molecular formula is C20H30F2N4O2. The Labute approximate surface area is 165 Å². The molecule has 1 aliphatic heterocycles. The molecule has 1 aromatic carbocycles. The van der Waals surface area contributed by atoms with Gasteiger partial charge in [-0.3, -0.25) is 4.99 Å². The Morgan fingerprint density at radius 3 is 2.61 bits per heavy atom. The molecule has 1 aromatic rings. The molecule has 1 amide bonds. The third-order valence-corrected chi connectivity index (χ3v) is 4.74. The maximum atomic E-state index is 13.4. The van der Waals surface area contributed by atoms with Crippen molar-refractivity contribution in [2.75, 3.05) is 32.8 Å². The highest BCUT2D eigenvalue weighted by molar-refractivity contribution is 5.80. The van der Waals surface area contributed by atoms with Crippen molar-refractivity contribution in [3.05, 3.63) is 35.4 Å². The van der Waals surface area contributed by atoms with Crippen LogP contribution in [0.3, 0.4) is 0 Å². The van der Waals surface area contributed by atoms with Crippen molar-refractivity contribution < 1.29 is 18.3 Å². The molecule has 2 rings (SSSR count). The van der Waals surface area contributed by atoms with Crippen LogP contribution < -0.4 is 10.6 Å². The number of guanidine groups is 1. The summed E-state index contributed by atoms with van der Waals surface area (Å²) in [5, 5.41) is 6.61. The minimum atomic E-state index is -0.844. The predicted molar refractivity (Wildman–Crippen MR) is 106 cm³/mol. The number of hydrogen-bond donors (Lipinski definition) is 2. The molecule has 1 aliphatic rings. The number of carbonyl (C=O) groups excluding carboxylic acids is 1. The van der Waals surface area contributed by atoms with E-state index in [0.717, 1.165) is 18.9 Å². The number of halogens is 2. The summed E-state index contributed by atoms with van der Waals surface area (Å²) < 4.78 is 31.6. The van der Waals surface area contributed by atoms with Gasteiger partial charge in [0.15, 0.2) is 17.6 Å². The van der Waals surface area contributed by atoms with Crippen molar-refractivity contribution in [2.24, 2.45) is 4.99 Å². The highest BCUT2D eigenvalue weighted by atomic mass is 19.2. The smallest absolute Gasteiger partial charge is 0.409 e. The zero-order chi connectivity index (χ0) is 20.5. The molecule has 0 spiro atoms. The summed E-state index contributed by atoms with van der Waals surface area (Å²) >= 11 is 0. The van der Waals surface area contributed by atoms with Gasteiger partial charge in [-0.1, -0.05) is 13.0 Å². The number of nitrogens with zero attached hydrogens (tertiary/aromatic N) is 2. The maximum Gasteiger partial charge on any atom is 0.409 e. The number of rotatable bonds is 6. The lowest BCUT2D eigenvalue weighted by Gasteiger charge is -2.32. The summed E-state index contributed by atoms with van der Waals surface area (Å²) in [7, 11) is 0. The van der Waals surface area contributed by atoms with Crippen LogP contribution in [0.4, 0.5) is 13.6 Å². The van der Waals surface area contributed by atoms with E-state index in [-0.39, 0.29) is 18.1 Å². The van der Waals surface area contributed by atoms with Gasteiger partial charge in [-0.2, -0.15) is 0 Å². The summed E-state index contributed by atoms with van der Waals surface area (Å²) in [6.45, 7) is 8.53. The Bertz CT molecular complexity index is 676. The van der Waals surface area contributed by atoms with Gasteiger partial charge in [0.1, 0.15) is 0 Å². The van der Waals surface area contributed by atoms with Gasteiger partial charge in [-0.25, -0.2) is 13.6 Å². The van der Waals surface area contributed by atoms with Crippen LogP contribution in [0.1, 0.15) is 45.1 Å². The molecule has 0 aliphatic carbocycles. The van der Waals surface area contributed by atoms with E-state index < -0.39 is 11.6 Å². The fraction of sp³-hybridized carbons (Fsp3) is 0.600. The zero-order valence-electron chi connectivity index (χ0n) is 16.8. The Hall–Kier alpha value is -2.38. The molecule has 28 heavy (non-hydrogen) atoms. The van der Waals surface area contributed by atoms with Gasteiger partial charge in [-0.15, -0.1) is 0 Å². The van der Waals surface area contributed by atoms with Crippen LogP contribution in [0.5, 0.6) is 0 Å². The summed E-state index contributed by atoms with van der Waals surface area (Å²) in [6, 6.07) is 4.17. The van der Waals surface area contributed by atoms with Gasteiger partial charge < -0.3 is 20.3 Å². The average Bonchev–Trinajstić information content (AvgIpc) is 2.69. The molecule has 1 heterocycles. The van der Waals surface area contributed by atoms with Crippen LogP contribution in [0.2, 0.25) is 0 Å². The zero-order valence-corrected chi connectivity index (χ0v) is 16.8. The lowest BCUT2D eigenvalue weighted by Crippen LogP contribution is -2.50. The lowest BCUT2D eigenvalue weighted by atomic mass is 10.0. The average molecular weight is 396 g/mol. The maximum absolute atomic E-state index is 13.4. The lowest BCUT2D eigenvalue weighted by molar-refractivity contribution is 0.0963. The van der Waals surface area contributed by atoms with E-state index in [2.05, 4.69) is 15.6 Å². The number of amides is 1. The van der Waals surface area contributed by atoms with Crippen molar-refractivity contribution in [3.63, 3.8) is 0 Å². The molecule has 156 valence electrons. The van der Waals surface area contributed by atoms with Gasteiger partial charge in [0.25, 0.3) is 0 Å². The van der Waals surface area contributed by atoms with Crippen molar-refractivity contribution in [3.8, 4) is 0 Å². The van der Waals surface area contributed by atoms with E-state index in [4.69, 9.17) is 4.74 Å². The monoisotopic (exact) mass is 396 g/mol. The highest BCUT2D eigenvalue weighted by Gasteiger charge is 2.24. The Balaban J connectivity index is 1.90. The second kappa shape index (κ2) is 10.8. The number of likely N-dealkylation sites (tertiary alicyclic amines) is 1. The standard InChI is InChI=1S/C20H30F2N4O2/c1-4-23-19(24-13-14(3)15-6-7-17(21)18(22)12-15)25-16-8-10-26(11-9-16)20(27)28-5-2/h6-7,12,14,16H,4-5,8-11,13H2,1-3H3,(H2,23,24,25). The topological polar surface area (TPSA) is 66.0 Å². The fourth-order valence-corrected chi connectivity index (χ4v) is 3.09. The van der Waals surface area contributed by atoms with Crippen molar-refractivity contribution >= 4 is 12.1 Å². The van der Waals surface area contributed by atoms with E-state index in [9.17, 15) is 13.6 Å². The SMILES string of the molecule is CCNC(=NCC(C)c1ccc(F)c(F)c1)NC1CCN(C(=O)OCC)CC1. The molecule has 1 saturated heterocycles. The molecule has 8 heteroatoms. The van der Waals surface area contributed by atoms with Crippen LogP contribution in [0.15, 0.2) is 23.2 Å². The summed E-state index contributed by atoms with van der Waals surface area (Å²) in [5.41, 5.74) is 0.709. The second-order valence-corrected chi connectivity index (χ2v) is 6.90. The second-order valence-electron chi connectivity index (χ2n) is 6.90. The van der Waals surface area contributed by atoms with Gasteiger partial charge in [0, 0.05) is 38.1 Å². The van der Waals surface area contributed by atoms with E-state index in [1.807, 2.05) is 13.8 Å². The predicted octanol–water partition coefficient (Wildman–Crippen LogP) is 3.24. The fourth-order valence-electron chi connectivity index (χ4n) is 3.09. The first-order valence-corrected chi connectivity index (χ1v) is 9.86. The van der Waals surface area contributed by atoms with Crippen molar-refractivity contribution in [1.82, 2.24) is 15.5 Å². The number of hydrogen-bond acceptors (Lipinski definition) is 3. The molecule has 0 saturated carbocycles. The number of aliphatic imine (C=N–C) groups is 1. The molecule has 1 unspecified atom stereocenters. The number of benzene rings is 1. The third-order valence-electron chi connectivity index (χ3n) is 4.74. The van der Waals surface area contributed by atoms with E-state index in [0.29, 0.717) is 44.3 Å². The summed E-state index contributed by atoms with van der Waals surface area (Å²) in [5.74, 6) is -1.04. The van der Waals surface area contributed by atoms with E-state index in [1.165, 1.54) is 6.07 Å². The van der Waals surface area contributed by atoms with Gasteiger partial charge >= 0.3 is 6.09 Å². The van der Waals surface area contributed by atoms with Crippen molar-refractivity contribution in [2.45, 2.75) is 45.6 Å². The third kappa shape index (κ3) is 6.35. The normalized spacial score (nSPS) is 16.6. The molecule has 0 aromatic heterocycles. The highest BCUT2D eigenvalue weighted by Crippen LogP contribution is 2.18. The van der Waals surface area contributed by atoms with Crippen molar-refractivity contribution in [1.29, 1.82) is 0 Å². The minimum absolute atomic E-state index is 0.0452. The van der Waals surface area contributed by atoms with Gasteiger partial charge in [-0.05, 0) is 44.4 Å². The molecule has 0 bridgehead atoms. The first kappa shape index (κ1) is 21.9. The first-order chi connectivity index (χ1) is 13.4. The Kier molecular flexibility index (Phi) is 8.47. The molecule has 6 nitrogen and oxygen atoms in total. The minimum Gasteiger partial charge on any atom is -0.450 e. The molecule has 1 fully saturated rings. The Morgan fingerprint density at radius 2 is 2.00 bits per heavy atom. The Morgan fingerprint density at radius 1 is 1.29 bits per heavy atom. The molecule has 2 N–H and O–H groups in total. The molecular weight excluding hydrogens is 366 g/mol. The van der Waals surface area contributed by atoms with Crippen LogP contribution in [0, 0.1) is 11.6 Å². The number of ether oxygens (including phenoxy) is 1. The van der Waals surface area contributed by atoms with Gasteiger partial charge in [0.2, 0.25) is 0 Å². The first-order valence-electron chi connectivity index (χ1n) is 9.86. The van der Waals surface area contributed by atoms with Crippen LogP contribution in [0.25, 0.3) is 0 Å². The van der Waals surface area contributed by atoms with Gasteiger partial charge in [0.05, 0.1) is 6.61 Å². The van der Waals surface area contributed by atoms with E-state index >= 15 is 0 Å². The van der Waals surface area contributed by atoms with E-state index in [1.54, 1.807) is 17.9 Å². The number of carbonyl (C=O) groups is 1. The molecule has 1 atom stereocenters. The summed E-state index contributed by atoms with van der Waals surface area (Å²) in [6.07, 6.45) is 1.35. The van der Waals surface area contributed by atoms with Crippen LogP contribution in [-0.4, -0.2) is 55.8 Å². The summed E-state index contributed by atoms with van der Waals surface area (Å²) in [4.78, 5) is 18.1. The number of piperidine rings is 1. The largest absolute Gasteiger partial charge is 0.450 e. The van der Waals surface area contributed by atoms with Crippen LogP contribution in [-0.2, 0) is 4.74 Å². The number of nitrogens with one attached hydrogen (secondary N) is 2. The molecule has 0 radical (unpaired) electrons. The van der Waals surface area contributed by atoms with Crippen LogP contribution >= 0.6 is 0 Å². The quantitative estimate of drug-likeness (QED) is 0.572.